The van der Waals surface area contributed by atoms with Gasteiger partial charge in [0, 0.05) is 16.1 Å². The molecule has 0 saturated heterocycles. The van der Waals surface area contributed by atoms with E-state index in [0.717, 1.165) is 25.8 Å². The molecule has 4 aromatic carbocycles. The summed E-state index contributed by atoms with van der Waals surface area (Å²) in [5.74, 6) is 1.24. The number of thiazole rings is 1. The fourth-order valence-electron chi connectivity index (χ4n) is 5.55. The van der Waals surface area contributed by atoms with Gasteiger partial charge >= 0.3 is 5.97 Å². The van der Waals surface area contributed by atoms with Crippen LogP contribution in [-0.4, -0.2) is 30.9 Å². The number of esters is 1. The number of hydrogen-bond acceptors (Lipinski definition) is 8. The predicted octanol–water partition coefficient (Wildman–Crippen LogP) is 7.18. The van der Waals surface area contributed by atoms with Gasteiger partial charge in [0.1, 0.15) is 12.4 Å². The van der Waals surface area contributed by atoms with Gasteiger partial charge in [-0.05, 0) is 84.0 Å². The minimum Gasteiger partial charge on any atom is -0.494 e. The van der Waals surface area contributed by atoms with Gasteiger partial charge in [0.15, 0.2) is 16.3 Å². The van der Waals surface area contributed by atoms with Crippen LogP contribution in [0.3, 0.4) is 0 Å². The number of benzene rings is 4. The molecular weight excluding hydrogens is 775 g/mol. The highest BCUT2D eigenvalue weighted by Crippen LogP contribution is 2.37. The van der Waals surface area contributed by atoms with Crippen molar-refractivity contribution in [3.05, 3.63) is 147 Å². The van der Waals surface area contributed by atoms with E-state index in [0.29, 0.717) is 43.9 Å². The number of aromatic nitrogens is 1. The van der Waals surface area contributed by atoms with Crippen molar-refractivity contribution in [3.8, 4) is 17.2 Å². The minimum absolute atomic E-state index is 0.170. The van der Waals surface area contributed by atoms with Crippen LogP contribution in [0.5, 0.6) is 17.2 Å². The lowest BCUT2D eigenvalue weighted by Crippen LogP contribution is -2.40. The third-order valence-corrected chi connectivity index (χ3v) is 9.91. The molecule has 250 valence electrons. The standard InChI is InChI=1S/C38H32ClIN2O6S/c1-4-46-27-17-15-25(16-18-27)34-32(37(44)47-5-2)33(24-11-7-6-8-12-24)41-38-42(34)36(43)31(49-38)21-23-19-29(40)35(30(20-23)45-3)48-22-26-13-9-10-14-28(26)39/h6-21,34H,4-5,22H2,1-3H3/b31-21-/t34-/m0/s1. The average molecular weight is 807 g/mol. The van der Waals surface area contributed by atoms with Crippen molar-refractivity contribution in [2.45, 2.75) is 26.5 Å². The highest BCUT2D eigenvalue weighted by atomic mass is 127. The molecule has 5 aromatic rings. The first-order valence-corrected chi connectivity index (χ1v) is 17.8. The van der Waals surface area contributed by atoms with Gasteiger partial charge in [0.25, 0.3) is 5.56 Å². The first kappa shape index (κ1) is 34.5. The van der Waals surface area contributed by atoms with Gasteiger partial charge in [-0.1, -0.05) is 83.6 Å². The van der Waals surface area contributed by atoms with Crippen LogP contribution in [0, 0.1) is 3.57 Å². The molecular formula is C38H32ClIN2O6S. The molecule has 0 unspecified atom stereocenters. The maximum atomic E-state index is 14.4. The van der Waals surface area contributed by atoms with Crippen LogP contribution in [0.1, 0.15) is 42.1 Å². The number of fused-ring (bicyclic) bond motifs is 1. The lowest BCUT2D eigenvalue weighted by Gasteiger charge is -2.26. The number of carbonyl (C=O) groups is 1. The smallest absolute Gasteiger partial charge is 0.338 e. The summed E-state index contributed by atoms with van der Waals surface area (Å²) in [6, 6.07) is 27.3. The molecule has 1 atom stereocenters. The molecule has 11 heteroatoms. The van der Waals surface area contributed by atoms with Crippen LogP contribution >= 0.6 is 45.5 Å². The van der Waals surface area contributed by atoms with E-state index in [-0.39, 0.29) is 24.3 Å². The maximum Gasteiger partial charge on any atom is 0.338 e. The average Bonchev–Trinajstić information content (AvgIpc) is 3.42. The van der Waals surface area contributed by atoms with E-state index < -0.39 is 12.0 Å². The molecule has 0 spiro atoms. The Morgan fingerprint density at radius 2 is 1.71 bits per heavy atom. The zero-order valence-corrected chi connectivity index (χ0v) is 30.7. The zero-order chi connectivity index (χ0) is 34.5. The van der Waals surface area contributed by atoms with Gasteiger partial charge < -0.3 is 18.9 Å². The summed E-state index contributed by atoms with van der Waals surface area (Å²) in [6.07, 6.45) is 1.80. The molecule has 0 radical (unpaired) electrons. The highest BCUT2D eigenvalue weighted by Gasteiger charge is 2.35. The molecule has 0 bridgehead atoms. The zero-order valence-electron chi connectivity index (χ0n) is 26.9. The largest absolute Gasteiger partial charge is 0.494 e. The Kier molecular flexibility index (Phi) is 10.9. The van der Waals surface area contributed by atoms with Crippen LogP contribution in [0.25, 0.3) is 11.8 Å². The van der Waals surface area contributed by atoms with E-state index in [2.05, 4.69) is 22.6 Å². The Bertz CT molecular complexity index is 2210. The summed E-state index contributed by atoms with van der Waals surface area (Å²) in [6.45, 7) is 4.62. The van der Waals surface area contributed by atoms with Crippen LogP contribution in [0.15, 0.2) is 106 Å². The summed E-state index contributed by atoms with van der Waals surface area (Å²) in [4.78, 5) is 33.5. The van der Waals surface area contributed by atoms with Crippen molar-refractivity contribution < 1.29 is 23.7 Å². The molecule has 49 heavy (non-hydrogen) atoms. The lowest BCUT2D eigenvalue weighted by molar-refractivity contribution is -0.138. The second-order valence-corrected chi connectivity index (χ2v) is 13.4. The Labute approximate surface area is 306 Å². The molecule has 0 fully saturated rings. The van der Waals surface area contributed by atoms with Gasteiger partial charge in [0.05, 0.1) is 45.7 Å². The molecule has 1 aromatic heterocycles. The molecule has 1 aliphatic rings. The molecule has 0 aliphatic carbocycles. The third kappa shape index (κ3) is 7.31. The summed E-state index contributed by atoms with van der Waals surface area (Å²) in [5.41, 5.74) is 3.51. The highest BCUT2D eigenvalue weighted by molar-refractivity contribution is 14.1. The summed E-state index contributed by atoms with van der Waals surface area (Å²) >= 11 is 9.79. The van der Waals surface area contributed by atoms with E-state index in [9.17, 15) is 9.59 Å². The number of halogens is 2. The van der Waals surface area contributed by atoms with E-state index >= 15 is 0 Å². The number of hydrogen-bond donors (Lipinski definition) is 0. The Balaban J connectivity index is 1.49. The van der Waals surface area contributed by atoms with Gasteiger partial charge in [-0.25, -0.2) is 9.79 Å². The first-order valence-electron chi connectivity index (χ1n) is 15.6. The quantitative estimate of drug-likeness (QED) is 0.104. The van der Waals surface area contributed by atoms with Crippen molar-refractivity contribution in [1.82, 2.24) is 4.57 Å². The Morgan fingerprint density at radius 1 is 0.980 bits per heavy atom. The van der Waals surface area contributed by atoms with Crippen LogP contribution in [0.4, 0.5) is 0 Å². The number of rotatable bonds is 11. The summed E-state index contributed by atoms with van der Waals surface area (Å²) in [7, 11) is 1.57. The fraction of sp³-hybridized carbons (Fsp3) is 0.184. The molecule has 0 saturated carbocycles. The Morgan fingerprint density at radius 3 is 2.41 bits per heavy atom. The van der Waals surface area contributed by atoms with E-state index in [1.54, 1.807) is 24.7 Å². The van der Waals surface area contributed by atoms with Crippen molar-refractivity contribution in [3.63, 3.8) is 0 Å². The summed E-state index contributed by atoms with van der Waals surface area (Å²) in [5, 5.41) is 0.619. The normalized spacial score (nSPS) is 14.2. The molecule has 1 aliphatic heterocycles. The molecule has 0 amide bonds. The monoisotopic (exact) mass is 806 g/mol. The second kappa shape index (κ2) is 15.4. The Hall–Kier alpha value is -4.39. The van der Waals surface area contributed by atoms with Crippen molar-refractivity contribution in [1.29, 1.82) is 0 Å². The van der Waals surface area contributed by atoms with Gasteiger partial charge in [-0.2, -0.15) is 0 Å². The molecule has 0 N–H and O–H groups in total. The first-order chi connectivity index (χ1) is 23.8. The van der Waals surface area contributed by atoms with Gasteiger partial charge in [0.2, 0.25) is 0 Å². The van der Waals surface area contributed by atoms with Crippen molar-refractivity contribution >= 4 is 63.3 Å². The van der Waals surface area contributed by atoms with E-state index in [4.69, 9.17) is 35.5 Å². The number of nitrogens with zero attached hydrogens (tertiary/aromatic N) is 2. The van der Waals surface area contributed by atoms with Gasteiger partial charge in [-0.15, -0.1) is 0 Å². The molecule has 6 rings (SSSR count). The van der Waals surface area contributed by atoms with E-state index in [1.807, 2.05) is 97.9 Å². The predicted molar refractivity (Wildman–Crippen MR) is 200 cm³/mol. The van der Waals surface area contributed by atoms with Gasteiger partial charge in [-0.3, -0.25) is 9.36 Å². The third-order valence-electron chi connectivity index (χ3n) is 7.76. The summed E-state index contributed by atoms with van der Waals surface area (Å²) < 4.78 is 25.9. The molecule has 2 heterocycles. The van der Waals surface area contributed by atoms with Crippen LogP contribution < -0.4 is 29.1 Å². The number of ether oxygens (including phenoxy) is 4. The molecule has 8 nitrogen and oxygen atoms in total. The maximum absolute atomic E-state index is 14.4. The fourth-order valence-corrected chi connectivity index (χ4v) is 7.52. The van der Waals surface area contributed by atoms with Crippen molar-refractivity contribution in [2.24, 2.45) is 4.99 Å². The number of methoxy groups -OCH3 is 1. The minimum atomic E-state index is -0.793. The van der Waals surface area contributed by atoms with Crippen LogP contribution in [-0.2, 0) is 16.1 Å². The number of carbonyl (C=O) groups excluding carboxylic acids is 1. The topological polar surface area (TPSA) is 88.4 Å². The van der Waals surface area contributed by atoms with Crippen LogP contribution in [0.2, 0.25) is 5.02 Å². The second-order valence-electron chi connectivity index (χ2n) is 10.8. The SMILES string of the molecule is CCOC(=O)C1=C(c2ccccc2)N=c2s/c(=C\c3cc(I)c(OCc4ccccc4Cl)c(OC)c3)c(=O)n2[C@H]1c1ccc(OCC)cc1. The van der Waals surface area contributed by atoms with Crippen molar-refractivity contribution in [2.75, 3.05) is 20.3 Å². The van der Waals surface area contributed by atoms with E-state index in [1.165, 1.54) is 11.3 Å². The lowest BCUT2D eigenvalue weighted by atomic mass is 9.93.